The van der Waals surface area contributed by atoms with E-state index in [-0.39, 0.29) is 17.1 Å². The molecule has 98 valence electrons. The minimum Gasteiger partial charge on any atom is -0.326 e. The molecule has 17 heavy (non-hydrogen) atoms. The van der Waals surface area contributed by atoms with Crippen molar-refractivity contribution in [2.75, 3.05) is 5.75 Å². The summed E-state index contributed by atoms with van der Waals surface area (Å²) in [4.78, 5) is 11.5. The summed E-state index contributed by atoms with van der Waals surface area (Å²) >= 11 is 1.54. The van der Waals surface area contributed by atoms with Crippen LogP contribution < -0.4 is 11.4 Å². The van der Waals surface area contributed by atoms with Crippen molar-refractivity contribution >= 4 is 11.8 Å². The number of nitrogens with zero attached hydrogens (tertiary/aromatic N) is 2. The van der Waals surface area contributed by atoms with Crippen molar-refractivity contribution in [3.8, 4) is 0 Å². The second-order valence-corrected chi connectivity index (χ2v) is 6.23. The number of nitrogens with two attached hydrogens (primary N) is 1. The number of aromatic amines is 1. The van der Waals surface area contributed by atoms with E-state index in [1.807, 2.05) is 6.92 Å². The Morgan fingerprint density at radius 2 is 2.18 bits per heavy atom. The van der Waals surface area contributed by atoms with Gasteiger partial charge in [-0.15, -0.1) is 5.10 Å². The Bertz CT molecular complexity index is 404. The molecule has 0 amide bonds. The fourth-order valence-corrected chi connectivity index (χ4v) is 2.52. The summed E-state index contributed by atoms with van der Waals surface area (Å²) in [5, 5.41) is 7.23. The Morgan fingerprint density at radius 1 is 1.53 bits per heavy atom. The molecule has 0 aliphatic carbocycles. The SMILES string of the molecule is CCCn1c(SCC(N)C(C)(C)C)n[nH]c1=O. The lowest BCUT2D eigenvalue weighted by Gasteiger charge is -2.26. The molecule has 5 nitrogen and oxygen atoms in total. The van der Waals surface area contributed by atoms with Crippen molar-refractivity contribution in [1.29, 1.82) is 0 Å². The number of thioether (sulfide) groups is 1. The van der Waals surface area contributed by atoms with Gasteiger partial charge in [-0.25, -0.2) is 9.89 Å². The monoisotopic (exact) mass is 258 g/mol. The van der Waals surface area contributed by atoms with Gasteiger partial charge in [0.05, 0.1) is 0 Å². The molecule has 0 saturated carbocycles. The fourth-order valence-electron chi connectivity index (χ4n) is 1.25. The fraction of sp³-hybridized carbons (Fsp3) is 0.818. The highest BCUT2D eigenvalue weighted by atomic mass is 32.2. The number of rotatable bonds is 5. The first-order valence-corrected chi connectivity index (χ1v) is 6.88. The molecule has 0 fully saturated rings. The van der Waals surface area contributed by atoms with E-state index in [1.54, 1.807) is 4.57 Å². The van der Waals surface area contributed by atoms with Crippen LogP contribution in [0.5, 0.6) is 0 Å². The van der Waals surface area contributed by atoms with Crippen molar-refractivity contribution in [3.05, 3.63) is 10.5 Å². The smallest absolute Gasteiger partial charge is 0.326 e. The van der Waals surface area contributed by atoms with Crippen LogP contribution in [0.2, 0.25) is 0 Å². The first-order chi connectivity index (χ1) is 7.86. The normalized spacial score (nSPS) is 13.9. The van der Waals surface area contributed by atoms with Crippen molar-refractivity contribution in [3.63, 3.8) is 0 Å². The lowest BCUT2D eigenvalue weighted by molar-refractivity contribution is 0.344. The van der Waals surface area contributed by atoms with Gasteiger partial charge in [0, 0.05) is 18.3 Å². The molecule has 0 spiro atoms. The molecule has 0 saturated heterocycles. The molecule has 1 atom stereocenters. The van der Waals surface area contributed by atoms with Crippen LogP contribution in [0.25, 0.3) is 0 Å². The number of aromatic nitrogens is 3. The maximum Gasteiger partial charge on any atom is 0.343 e. The topological polar surface area (TPSA) is 76.7 Å². The van der Waals surface area contributed by atoms with Gasteiger partial charge in [-0.2, -0.15) is 0 Å². The van der Waals surface area contributed by atoms with E-state index in [0.29, 0.717) is 6.54 Å². The maximum absolute atomic E-state index is 11.5. The van der Waals surface area contributed by atoms with Gasteiger partial charge >= 0.3 is 5.69 Å². The van der Waals surface area contributed by atoms with Crippen LogP contribution >= 0.6 is 11.8 Å². The molecule has 1 unspecified atom stereocenters. The lowest BCUT2D eigenvalue weighted by Crippen LogP contribution is -2.37. The van der Waals surface area contributed by atoms with Gasteiger partial charge in [-0.3, -0.25) is 4.57 Å². The van der Waals surface area contributed by atoms with Crippen molar-refractivity contribution in [1.82, 2.24) is 14.8 Å². The maximum atomic E-state index is 11.5. The Balaban J connectivity index is 2.67. The van der Waals surface area contributed by atoms with Crippen molar-refractivity contribution in [2.45, 2.75) is 51.9 Å². The standard InChI is InChI=1S/C11H22N4OS/c1-5-6-15-9(16)13-14-10(15)17-7-8(12)11(2,3)4/h8H,5-7,12H2,1-4H3,(H,13,16). The first-order valence-electron chi connectivity index (χ1n) is 5.89. The second-order valence-electron chi connectivity index (χ2n) is 5.25. The van der Waals surface area contributed by atoms with Crippen LogP contribution in [0.3, 0.4) is 0 Å². The van der Waals surface area contributed by atoms with Crippen LogP contribution in [0.1, 0.15) is 34.1 Å². The van der Waals surface area contributed by atoms with Crippen molar-refractivity contribution < 1.29 is 0 Å². The van der Waals surface area contributed by atoms with Crippen molar-refractivity contribution in [2.24, 2.45) is 11.1 Å². The minimum absolute atomic E-state index is 0.0686. The summed E-state index contributed by atoms with van der Waals surface area (Å²) in [6.07, 6.45) is 0.915. The Morgan fingerprint density at radius 3 is 2.71 bits per heavy atom. The minimum atomic E-state index is -0.140. The van der Waals surface area contributed by atoms with E-state index in [9.17, 15) is 4.79 Å². The molecule has 0 aromatic carbocycles. The van der Waals surface area contributed by atoms with Crippen LogP contribution in [-0.2, 0) is 6.54 Å². The third-order valence-corrected chi connectivity index (χ3v) is 3.77. The predicted molar refractivity (Wildman–Crippen MR) is 71.3 cm³/mol. The third-order valence-electron chi connectivity index (χ3n) is 2.67. The van der Waals surface area contributed by atoms with Gasteiger partial charge in [0.1, 0.15) is 0 Å². The van der Waals surface area contributed by atoms with Gasteiger partial charge in [0.15, 0.2) is 5.16 Å². The van der Waals surface area contributed by atoms with Gasteiger partial charge in [0.25, 0.3) is 0 Å². The Labute approximate surface area is 106 Å². The highest BCUT2D eigenvalue weighted by Crippen LogP contribution is 2.23. The Kier molecular flexibility index (Phi) is 4.82. The number of hydrogen-bond donors (Lipinski definition) is 2. The average Bonchev–Trinajstić information content (AvgIpc) is 2.56. The van der Waals surface area contributed by atoms with E-state index < -0.39 is 0 Å². The van der Waals surface area contributed by atoms with Crippen LogP contribution in [0, 0.1) is 5.41 Å². The molecule has 0 radical (unpaired) electrons. The van der Waals surface area contributed by atoms with Gasteiger partial charge in [0.2, 0.25) is 0 Å². The molecular formula is C11H22N4OS. The summed E-state index contributed by atoms with van der Waals surface area (Å²) in [6.45, 7) is 9.07. The largest absolute Gasteiger partial charge is 0.343 e. The van der Waals surface area contributed by atoms with E-state index >= 15 is 0 Å². The quantitative estimate of drug-likeness (QED) is 0.784. The molecule has 3 N–H and O–H groups in total. The van der Waals surface area contributed by atoms with Crippen LogP contribution in [0.4, 0.5) is 0 Å². The summed E-state index contributed by atoms with van der Waals surface area (Å²) in [6, 6.07) is 0.0781. The Hall–Kier alpha value is -0.750. The number of nitrogens with one attached hydrogen (secondary N) is 1. The average molecular weight is 258 g/mol. The zero-order valence-corrected chi connectivity index (χ0v) is 11.8. The predicted octanol–water partition coefficient (Wildman–Crippen LogP) is 1.45. The molecule has 1 aromatic heterocycles. The molecule has 0 aliphatic heterocycles. The lowest BCUT2D eigenvalue weighted by atomic mass is 9.89. The highest BCUT2D eigenvalue weighted by Gasteiger charge is 2.21. The van der Waals surface area contributed by atoms with Gasteiger partial charge < -0.3 is 5.73 Å². The van der Waals surface area contributed by atoms with Gasteiger partial charge in [-0.05, 0) is 11.8 Å². The number of H-pyrrole nitrogens is 1. The summed E-state index contributed by atoms with van der Waals surface area (Å²) in [7, 11) is 0. The molecule has 0 bridgehead atoms. The summed E-state index contributed by atoms with van der Waals surface area (Å²) < 4.78 is 1.67. The molecule has 1 aromatic rings. The van der Waals surface area contributed by atoms with Crippen LogP contribution in [-0.4, -0.2) is 26.6 Å². The highest BCUT2D eigenvalue weighted by molar-refractivity contribution is 7.99. The first kappa shape index (κ1) is 14.3. The summed E-state index contributed by atoms with van der Waals surface area (Å²) in [5.41, 5.74) is 6.01. The van der Waals surface area contributed by atoms with Gasteiger partial charge in [-0.1, -0.05) is 39.5 Å². The zero-order valence-electron chi connectivity index (χ0n) is 11.0. The van der Waals surface area contributed by atoms with E-state index in [2.05, 4.69) is 31.0 Å². The van der Waals surface area contributed by atoms with E-state index in [1.165, 1.54) is 11.8 Å². The van der Waals surface area contributed by atoms with E-state index in [4.69, 9.17) is 5.73 Å². The summed E-state index contributed by atoms with van der Waals surface area (Å²) in [5.74, 6) is 0.761. The zero-order chi connectivity index (χ0) is 13.1. The molecule has 0 aliphatic rings. The molecular weight excluding hydrogens is 236 g/mol. The molecule has 1 heterocycles. The third kappa shape index (κ3) is 3.89. The second kappa shape index (κ2) is 5.73. The van der Waals surface area contributed by atoms with Crippen LogP contribution in [0.15, 0.2) is 9.95 Å². The molecule has 6 heteroatoms. The molecule has 1 rings (SSSR count). The number of hydrogen-bond acceptors (Lipinski definition) is 4. The van der Waals surface area contributed by atoms with E-state index in [0.717, 1.165) is 17.3 Å².